The highest BCUT2D eigenvalue weighted by Gasteiger charge is 2.51. The molecule has 1 atom stereocenters. The van der Waals surface area contributed by atoms with Crippen LogP contribution in [0, 0.1) is 0 Å². The van der Waals surface area contributed by atoms with E-state index in [2.05, 4.69) is 6.07 Å². The van der Waals surface area contributed by atoms with Gasteiger partial charge in [0, 0.05) is 49.6 Å². The zero-order valence-corrected chi connectivity index (χ0v) is 14.4. The van der Waals surface area contributed by atoms with Gasteiger partial charge in [0.1, 0.15) is 0 Å². The number of hydrogen-bond donors (Lipinski definition) is 0. The molecule has 2 fully saturated rings. The summed E-state index contributed by atoms with van der Waals surface area (Å²) in [6.07, 6.45) is 3.40. The molecule has 0 radical (unpaired) electrons. The smallest absolute Gasteiger partial charge is 0.256 e. The number of para-hydroxylation sites is 1. The Morgan fingerprint density at radius 1 is 1.39 bits per heavy atom. The second kappa shape index (κ2) is 5.56. The topological polar surface area (TPSA) is 34.5 Å². The van der Waals surface area contributed by atoms with Crippen LogP contribution in [0.25, 0.3) is 10.9 Å². The fraction of sp³-hybridized carbons (Fsp3) is 0.500. The van der Waals surface area contributed by atoms with Gasteiger partial charge in [-0.1, -0.05) is 18.2 Å². The number of thioether (sulfide) groups is 1. The third kappa shape index (κ3) is 2.46. The molecule has 0 bridgehead atoms. The number of ether oxygens (including phenoxy) is 1. The Morgan fingerprint density at radius 2 is 2.17 bits per heavy atom. The van der Waals surface area contributed by atoms with E-state index >= 15 is 0 Å². The fourth-order valence-corrected chi connectivity index (χ4v) is 5.39. The van der Waals surface area contributed by atoms with E-state index in [1.165, 1.54) is 0 Å². The number of benzene rings is 1. The normalized spacial score (nSPS) is 22.7. The summed E-state index contributed by atoms with van der Waals surface area (Å²) in [6.45, 7) is 4.53. The molecule has 1 aromatic carbocycles. The Hall–Kier alpha value is -1.46. The average molecular weight is 330 g/mol. The molecule has 4 nitrogen and oxygen atoms in total. The van der Waals surface area contributed by atoms with Crippen LogP contribution in [0.1, 0.15) is 23.7 Å². The second-order valence-electron chi connectivity index (χ2n) is 6.61. The van der Waals surface area contributed by atoms with Gasteiger partial charge >= 0.3 is 0 Å². The van der Waals surface area contributed by atoms with E-state index in [1.54, 1.807) is 0 Å². The lowest BCUT2D eigenvalue weighted by Gasteiger charge is -2.47. The molecule has 3 heterocycles. The van der Waals surface area contributed by atoms with Gasteiger partial charge < -0.3 is 14.2 Å². The maximum absolute atomic E-state index is 12.9. The van der Waals surface area contributed by atoms with Crippen LogP contribution in [0.2, 0.25) is 0 Å². The van der Waals surface area contributed by atoms with Gasteiger partial charge in [-0.2, -0.15) is 0 Å². The number of fused-ring (bicyclic) bond motifs is 1. The van der Waals surface area contributed by atoms with Crippen LogP contribution < -0.4 is 0 Å². The summed E-state index contributed by atoms with van der Waals surface area (Å²) in [5, 5.41) is 1.05. The maximum Gasteiger partial charge on any atom is 0.256 e. The number of hydrogen-bond acceptors (Lipinski definition) is 3. The van der Waals surface area contributed by atoms with Gasteiger partial charge in [-0.05, 0) is 19.4 Å². The SMILES string of the molecule is CCO[C@@H]1CSC2(C1)CN(C(=O)c1cn(C)c3ccccc13)C2. The number of carbonyl (C=O) groups excluding carboxylic acids is 1. The van der Waals surface area contributed by atoms with Gasteiger partial charge in [-0.25, -0.2) is 0 Å². The van der Waals surface area contributed by atoms with Crippen molar-refractivity contribution in [2.75, 3.05) is 25.4 Å². The quantitative estimate of drug-likeness (QED) is 0.868. The minimum absolute atomic E-state index is 0.160. The zero-order valence-electron chi connectivity index (χ0n) is 13.6. The molecule has 2 aliphatic heterocycles. The minimum Gasteiger partial charge on any atom is -0.378 e. The van der Waals surface area contributed by atoms with Crippen molar-refractivity contribution in [3.05, 3.63) is 36.0 Å². The van der Waals surface area contributed by atoms with Gasteiger partial charge in [0.25, 0.3) is 5.91 Å². The molecule has 1 aromatic heterocycles. The number of carbonyl (C=O) groups is 1. The molecule has 23 heavy (non-hydrogen) atoms. The van der Waals surface area contributed by atoms with E-state index < -0.39 is 0 Å². The van der Waals surface area contributed by atoms with Crippen LogP contribution >= 0.6 is 11.8 Å². The number of amides is 1. The van der Waals surface area contributed by atoms with Crippen LogP contribution in [0.4, 0.5) is 0 Å². The summed E-state index contributed by atoms with van der Waals surface area (Å²) in [4.78, 5) is 14.9. The van der Waals surface area contributed by atoms with E-state index in [4.69, 9.17) is 4.74 Å². The van der Waals surface area contributed by atoms with Crippen LogP contribution in [0.3, 0.4) is 0 Å². The predicted molar refractivity (Wildman–Crippen MR) is 94.0 cm³/mol. The van der Waals surface area contributed by atoms with Gasteiger partial charge in [0.15, 0.2) is 0 Å². The summed E-state index contributed by atoms with van der Waals surface area (Å²) in [7, 11) is 2.00. The minimum atomic E-state index is 0.160. The second-order valence-corrected chi connectivity index (χ2v) is 8.10. The van der Waals surface area contributed by atoms with Crippen LogP contribution in [-0.4, -0.2) is 51.7 Å². The van der Waals surface area contributed by atoms with Crippen molar-refractivity contribution in [1.29, 1.82) is 0 Å². The van der Waals surface area contributed by atoms with Gasteiger partial charge in [-0.15, -0.1) is 11.8 Å². The monoisotopic (exact) mass is 330 g/mol. The standard InChI is InChI=1S/C18H22N2O2S/c1-3-22-13-8-18(23-10-13)11-20(12-18)17(21)15-9-19(2)16-7-5-4-6-14(15)16/h4-7,9,13H,3,8,10-12H2,1-2H3/t13-/m0/s1. The molecule has 2 aliphatic rings. The molecule has 0 N–H and O–H groups in total. The number of nitrogens with zero attached hydrogens (tertiary/aromatic N) is 2. The van der Waals surface area contributed by atoms with Gasteiger partial charge in [-0.3, -0.25) is 4.79 Å². The summed E-state index contributed by atoms with van der Waals surface area (Å²) in [6, 6.07) is 8.10. The van der Waals surface area contributed by atoms with Crippen molar-refractivity contribution in [2.24, 2.45) is 7.05 Å². The summed E-state index contributed by atoms with van der Waals surface area (Å²) >= 11 is 1.98. The van der Waals surface area contributed by atoms with Gasteiger partial charge in [0.2, 0.25) is 0 Å². The highest BCUT2D eigenvalue weighted by Crippen LogP contribution is 2.46. The van der Waals surface area contributed by atoms with E-state index in [0.717, 1.165) is 48.3 Å². The number of aryl methyl sites for hydroxylation is 1. The molecule has 5 heteroatoms. The molecule has 1 spiro atoms. The first kappa shape index (κ1) is 15.1. The number of rotatable bonds is 3. The maximum atomic E-state index is 12.9. The number of likely N-dealkylation sites (tertiary alicyclic amines) is 1. The Balaban J connectivity index is 1.49. The first-order valence-corrected chi connectivity index (χ1v) is 9.19. The van der Waals surface area contributed by atoms with Crippen molar-refractivity contribution in [1.82, 2.24) is 9.47 Å². The fourth-order valence-electron chi connectivity index (χ4n) is 3.84. The molecule has 122 valence electrons. The van der Waals surface area contributed by atoms with E-state index in [1.807, 2.05) is 59.6 Å². The molecular formula is C18H22N2O2S. The summed E-state index contributed by atoms with van der Waals surface area (Å²) in [5.74, 6) is 1.22. The molecule has 0 aliphatic carbocycles. The Labute approximate surface area is 140 Å². The highest BCUT2D eigenvalue weighted by molar-refractivity contribution is 8.01. The third-order valence-electron chi connectivity index (χ3n) is 4.95. The summed E-state index contributed by atoms with van der Waals surface area (Å²) in [5.41, 5.74) is 1.93. The molecule has 0 saturated carbocycles. The predicted octanol–water partition coefficient (Wildman–Crippen LogP) is 2.91. The number of aromatic nitrogens is 1. The van der Waals surface area contributed by atoms with E-state index in [-0.39, 0.29) is 10.7 Å². The van der Waals surface area contributed by atoms with Crippen LogP contribution in [-0.2, 0) is 11.8 Å². The third-order valence-corrected chi connectivity index (χ3v) is 6.53. The van der Waals surface area contributed by atoms with E-state index in [0.29, 0.717) is 6.10 Å². The molecule has 2 aromatic rings. The van der Waals surface area contributed by atoms with Crippen LogP contribution in [0.15, 0.2) is 30.5 Å². The van der Waals surface area contributed by atoms with E-state index in [9.17, 15) is 4.79 Å². The Kier molecular flexibility index (Phi) is 3.65. The first-order chi connectivity index (χ1) is 11.1. The lowest BCUT2D eigenvalue weighted by Crippen LogP contribution is -2.60. The lowest BCUT2D eigenvalue weighted by atomic mass is 9.92. The van der Waals surface area contributed by atoms with Crippen molar-refractivity contribution in [2.45, 2.75) is 24.2 Å². The van der Waals surface area contributed by atoms with Crippen molar-refractivity contribution in [3.8, 4) is 0 Å². The molecule has 0 unspecified atom stereocenters. The molecule has 2 saturated heterocycles. The van der Waals surface area contributed by atoms with Crippen molar-refractivity contribution < 1.29 is 9.53 Å². The van der Waals surface area contributed by atoms with Crippen molar-refractivity contribution >= 4 is 28.6 Å². The molecule has 4 rings (SSSR count). The largest absolute Gasteiger partial charge is 0.378 e. The zero-order chi connectivity index (χ0) is 16.0. The average Bonchev–Trinajstić information content (AvgIpc) is 3.08. The molecular weight excluding hydrogens is 308 g/mol. The van der Waals surface area contributed by atoms with Gasteiger partial charge in [0.05, 0.1) is 16.4 Å². The van der Waals surface area contributed by atoms with Crippen molar-refractivity contribution in [3.63, 3.8) is 0 Å². The highest BCUT2D eigenvalue weighted by atomic mass is 32.2. The Bertz CT molecular complexity index is 749. The molecule has 1 amide bonds. The summed E-state index contributed by atoms with van der Waals surface area (Å²) < 4.78 is 8.02. The first-order valence-electron chi connectivity index (χ1n) is 8.21. The van der Waals surface area contributed by atoms with Crippen LogP contribution in [0.5, 0.6) is 0 Å². The lowest BCUT2D eigenvalue weighted by molar-refractivity contribution is 0.0360. The Morgan fingerprint density at radius 3 is 2.96 bits per heavy atom.